The molecule has 0 fully saturated rings. The molecule has 2 amide bonds. The summed E-state index contributed by atoms with van der Waals surface area (Å²) in [6.45, 7) is 1.51. The van der Waals surface area contributed by atoms with E-state index < -0.39 is 6.09 Å². The molecule has 0 saturated heterocycles. The van der Waals surface area contributed by atoms with E-state index in [1.54, 1.807) is 24.3 Å². The maximum atomic E-state index is 11.6. The molecule has 1 aromatic carbocycles. The average molecular weight is 220 g/mol. The Balaban J connectivity index is 2.66. The minimum atomic E-state index is -0.745. The van der Waals surface area contributed by atoms with E-state index >= 15 is 0 Å². The Morgan fingerprint density at radius 1 is 1.25 bits per heavy atom. The molecule has 0 spiro atoms. The largest absolute Gasteiger partial charge is 0.451 e. The highest BCUT2D eigenvalue weighted by Crippen LogP contribution is 1.97. The van der Waals surface area contributed by atoms with E-state index in [0.29, 0.717) is 5.56 Å². The number of nitrogens with zero attached hydrogens (tertiary/aromatic N) is 1. The highest BCUT2D eigenvalue weighted by atomic mass is 16.5. The highest BCUT2D eigenvalue weighted by molar-refractivity contribution is 6.07. The summed E-state index contributed by atoms with van der Waals surface area (Å²) in [5.41, 5.74) is 0.502. The van der Waals surface area contributed by atoms with Crippen LogP contribution in [0.4, 0.5) is 4.79 Å². The Kier molecular flexibility index (Phi) is 4.20. The highest BCUT2D eigenvalue weighted by Gasteiger charge is 2.06. The van der Waals surface area contributed by atoms with Crippen LogP contribution in [0, 0.1) is 0 Å². The van der Waals surface area contributed by atoms with Crippen molar-refractivity contribution in [1.29, 1.82) is 0 Å². The maximum absolute atomic E-state index is 11.6. The Bertz CT molecular complexity index is 412. The van der Waals surface area contributed by atoms with Gasteiger partial charge >= 0.3 is 6.09 Å². The first-order valence-corrected chi connectivity index (χ1v) is 4.63. The van der Waals surface area contributed by atoms with Crippen LogP contribution in [-0.2, 0) is 4.74 Å². The van der Waals surface area contributed by atoms with Crippen LogP contribution < -0.4 is 5.32 Å². The Morgan fingerprint density at radius 3 is 2.44 bits per heavy atom. The van der Waals surface area contributed by atoms with E-state index in [2.05, 4.69) is 15.0 Å². The molecule has 0 unspecified atom stereocenters. The van der Waals surface area contributed by atoms with Crippen LogP contribution in [0.25, 0.3) is 0 Å². The van der Waals surface area contributed by atoms with Crippen molar-refractivity contribution in [3.05, 3.63) is 35.9 Å². The van der Waals surface area contributed by atoms with Gasteiger partial charge in [0.25, 0.3) is 5.91 Å². The summed E-state index contributed by atoms with van der Waals surface area (Å²) in [5, 5.41) is 2.47. The second-order valence-corrected chi connectivity index (χ2v) is 2.99. The smallest absolute Gasteiger partial charge is 0.434 e. The zero-order valence-electron chi connectivity index (χ0n) is 9.06. The van der Waals surface area contributed by atoms with Gasteiger partial charge in [-0.3, -0.25) is 4.79 Å². The van der Waals surface area contributed by atoms with Crippen molar-refractivity contribution in [2.24, 2.45) is 4.99 Å². The standard InChI is InChI=1S/C11H12N2O3/c1-8(13-11(15)16-2)12-10(14)9-6-4-3-5-7-9/h3-7H,1-2H3,(H,12,13,14,15). The third-order valence-corrected chi connectivity index (χ3v) is 1.76. The lowest BCUT2D eigenvalue weighted by atomic mass is 10.2. The van der Waals surface area contributed by atoms with Gasteiger partial charge in [-0.1, -0.05) is 18.2 Å². The molecule has 5 nitrogen and oxygen atoms in total. The van der Waals surface area contributed by atoms with Gasteiger partial charge in [0.15, 0.2) is 0 Å². The summed E-state index contributed by atoms with van der Waals surface area (Å²) < 4.78 is 4.33. The van der Waals surface area contributed by atoms with Crippen LogP contribution in [0.1, 0.15) is 17.3 Å². The van der Waals surface area contributed by atoms with Crippen LogP contribution in [0.5, 0.6) is 0 Å². The fraction of sp³-hybridized carbons (Fsp3) is 0.182. The van der Waals surface area contributed by atoms with Gasteiger partial charge in [-0.2, -0.15) is 4.99 Å². The number of amidine groups is 1. The number of ether oxygens (including phenoxy) is 1. The maximum Gasteiger partial charge on any atom is 0.434 e. The molecule has 5 heteroatoms. The van der Waals surface area contributed by atoms with Crippen LogP contribution in [0.2, 0.25) is 0 Å². The number of carbonyl (C=O) groups excluding carboxylic acids is 2. The number of nitrogens with one attached hydrogen (secondary N) is 1. The fourth-order valence-electron chi connectivity index (χ4n) is 1.04. The van der Waals surface area contributed by atoms with Gasteiger partial charge < -0.3 is 10.1 Å². The van der Waals surface area contributed by atoms with E-state index in [1.165, 1.54) is 14.0 Å². The molecule has 1 N–H and O–H groups in total. The summed E-state index contributed by atoms with van der Waals surface area (Å²) in [6, 6.07) is 8.65. The Labute approximate surface area is 93.1 Å². The predicted molar refractivity (Wildman–Crippen MR) is 59.4 cm³/mol. The first-order valence-electron chi connectivity index (χ1n) is 4.63. The predicted octanol–water partition coefficient (Wildman–Crippen LogP) is 1.60. The molecule has 16 heavy (non-hydrogen) atoms. The van der Waals surface area contributed by atoms with Crippen molar-refractivity contribution < 1.29 is 14.3 Å². The molecule has 0 aromatic heterocycles. The summed E-state index contributed by atoms with van der Waals surface area (Å²) in [6.07, 6.45) is -0.745. The van der Waals surface area contributed by atoms with Gasteiger partial charge in [-0.25, -0.2) is 4.79 Å². The SMILES string of the molecule is COC(=O)/N=C(\C)NC(=O)c1ccccc1. The van der Waals surface area contributed by atoms with Gasteiger partial charge in [-0.15, -0.1) is 0 Å². The van der Waals surface area contributed by atoms with Crippen LogP contribution in [0.15, 0.2) is 35.3 Å². The van der Waals surface area contributed by atoms with Crippen molar-refractivity contribution in [2.75, 3.05) is 7.11 Å². The van der Waals surface area contributed by atoms with Crippen molar-refractivity contribution in [3.8, 4) is 0 Å². The monoisotopic (exact) mass is 220 g/mol. The molecule has 0 saturated carbocycles. The normalized spacial score (nSPS) is 10.8. The molecular formula is C11H12N2O3. The number of carbonyl (C=O) groups is 2. The molecule has 0 heterocycles. The van der Waals surface area contributed by atoms with Gasteiger partial charge in [0.2, 0.25) is 0 Å². The molecular weight excluding hydrogens is 208 g/mol. The Hall–Kier alpha value is -2.17. The third kappa shape index (κ3) is 3.53. The molecule has 0 aliphatic rings. The van der Waals surface area contributed by atoms with E-state index in [-0.39, 0.29) is 11.7 Å². The number of hydrogen-bond donors (Lipinski definition) is 1. The first kappa shape index (κ1) is 11.9. The number of rotatable bonds is 1. The van der Waals surface area contributed by atoms with E-state index in [9.17, 15) is 9.59 Å². The number of methoxy groups -OCH3 is 1. The molecule has 0 bridgehead atoms. The zero-order valence-corrected chi connectivity index (χ0v) is 9.06. The van der Waals surface area contributed by atoms with Gasteiger partial charge in [0, 0.05) is 5.56 Å². The number of amides is 2. The third-order valence-electron chi connectivity index (χ3n) is 1.76. The van der Waals surface area contributed by atoms with Crippen molar-refractivity contribution in [1.82, 2.24) is 5.32 Å². The van der Waals surface area contributed by atoms with Crippen LogP contribution in [0.3, 0.4) is 0 Å². The lowest BCUT2D eigenvalue weighted by Gasteiger charge is -2.03. The molecule has 0 radical (unpaired) electrons. The second kappa shape index (κ2) is 5.65. The quantitative estimate of drug-likeness (QED) is 0.577. The molecule has 0 aliphatic carbocycles. The minimum absolute atomic E-state index is 0.195. The molecule has 84 valence electrons. The van der Waals surface area contributed by atoms with Gasteiger partial charge in [0.05, 0.1) is 7.11 Å². The molecule has 0 atom stereocenters. The minimum Gasteiger partial charge on any atom is -0.451 e. The summed E-state index contributed by atoms with van der Waals surface area (Å²) in [7, 11) is 1.22. The average Bonchev–Trinajstić information content (AvgIpc) is 2.29. The van der Waals surface area contributed by atoms with E-state index in [0.717, 1.165) is 0 Å². The van der Waals surface area contributed by atoms with E-state index in [4.69, 9.17) is 0 Å². The summed E-state index contributed by atoms with van der Waals surface area (Å²) in [4.78, 5) is 25.8. The Morgan fingerprint density at radius 2 is 1.88 bits per heavy atom. The molecule has 1 rings (SSSR count). The topological polar surface area (TPSA) is 67.8 Å². The van der Waals surface area contributed by atoms with E-state index in [1.807, 2.05) is 6.07 Å². The number of benzene rings is 1. The van der Waals surface area contributed by atoms with Crippen LogP contribution in [-0.4, -0.2) is 24.9 Å². The summed E-state index contributed by atoms with van der Waals surface area (Å²) in [5.74, 6) is -0.119. The summed E-state index contributed by atoms with van der Waals surface area (Å²) >= 11 is 0. The zero-order chi connectivity index (χ0) is 12.0. The second-order valence-electron chi connectivity index (χ2n) is 2.99. The van der Waals surface area contributed by atoms with Gasteiger partial charge in [-0.05, 0) is 19.1 Å². The first-order chi connectivity index (χ1) is 7.63. The number of hydrogen-bond acceptors (Lipinski definition) is 3. The molecule has 0 aliphatic heterocycles. The van der Waals surface area contributed by atoms with Crippen molar-refractivity contribution in [2.45, 2.75) is 6.92 Å². The van der Waals surface area contributed by atoms with Crippen LogP contribution >= 0.6 is 0 Å². The van der Waals surface area contributed by atoms with Crippen molar-refractivity contribution >= 4 is 17.8 Å². The number of aliphatic imine (C=N–C) groups is 1. The molecule has 1 aromatic rings. The van der Waals surface area contributed by atoms with Gasteiger partial charge in [0.1, 0.15) is 5.84 Å². The van der Waals surface area contributed by atoms with Crippen molar-refractivity contribution in [3.63, 3.8) is 0 Å². The lowest BCUT2D eigenvalue weighted by Crippen LogP contribution is -2.29. The lowest BCUT2D eigenvalue weighted by molar-refractivity contribution is 0.0977. The fourth-order valence-corrected chi connectivity index (χ4v) is 1.04.